The van der Waals surface area contributed by atoms with E-state index in [1.165, 1.54) is 11.8 Å². The van der Waals surface area contributed by atoms with Gasteiger partial charge in [-0.3, -0.25) is 9.69 Å². The molecule has 2 heterocycles. The van der Waals surface area contributed by atoms with Gasteiger partial charge in [-0.15, -0.1) is 0 Å². The quantitative estimate of drug-likeness (QED) is 0.667. The van der Waals surface area contributed by atoms with Gasteiger partial charge in [0.1, 0.15) is 0 Å². The summed E-state index contributed by atoms with van der Waals surface area (Å²) in [5.74, 6) is 0.725. The van der Waals surface area contributed by atoms with Crippen LogP contribution >= 0.6 is 11.8 Å². The number of ether oxygens (including phenoxy) is 1. The van der Waals surface area contributed by atoms with E-state index in [1.54, 1.807) is 12.0 Å². The van der Waals surface area contributed by atoms with Crippen LogP contribution in [0.4, 0.5) is 0 Å². The first-order chi connectivity index (χ1) is 9.48. The summed E-state index contributed by atoms with van der Waals surface area (Å²) < 4.78 is 29.0. The lowest BCUT2D eigenvalue weighted by Crippen LogP contribution is -2.61. The number of methoxy groups -OCH3 is 1. The first kappa shape index (κ1) is 16.1. The van der Waals surface area contributed by atoms with E-state index in [0.717, 1.165) is 13.1 Å². The van der Waals surface area contributed by atoms with Gasteiger partial charge in [-0.25, -0.2) is 8.42 Å². The molecule has 2 atom stereocenters. The molecule has 2 rings (SSSR count). The molecule has 2 unspecified atom stereocenters. The molecule has 0 saturated carbocycles. The standard InChI is InChI=1S/C12H22N2O4S2/c1-18-6-5-13-3-4-14(12(15)7-19-2)11-9-20(16,17)8-10(11)13/h10-11H,3-9H2,1-2H3. The van der Waals surface area contributed by atoms with Crippen molar-refractivity contribution in [1.82, 2.24) is 9.80 Å². The zero-order chi connectivity index (χ0) is 14.8. The maximum Gasteiger partial charge on any atom is 0.232 e. The summed E-state index contributed by atoms with van der Waals surface area (Å²) in [5.41, 5.74) is 0. The van der Waals surface area contributed by atoms with E-state index in [-0.39, 0.29) is 29.5 Å². The molecule has 8 heteroatoms. The summed E-state index contributed by atoms with van der Waals surface area (Å²) in [6, 6.07) is -0.264. The third-order valence-corrected chi connectivity index (χ3v) is 6.20. The molecule has 0 spiro atoms. The molecule has 2 aliphatic heterocycles. The van der Waals surface area contributed by atoms with E-state index in [9.17, 15) is 13.2 Å². The fourth-order valence-electron chi connectivity index (χ4n) is 3.03. The van der Waals surface area contributed by atoms with Crippen molar-refractivity contribution in [3.63, 3.8) is 0 Å². The number of hydrogen-bond donors (Lipinski definition) is 0. The average Bonchev–Trinajstić information content (AvgIpc) is 2.71. The fraction of sp³-hybridized carbons (Fsp3) is 0.917. The molecular formula is C12H22N2O4S2. The summed E-state index contributed by atoms with van der Waals surface area (Å²) in [6.45, 7) is 2.64. The number of hydrogen-bond acceptors (Lipinski definition) is 6. The van der Waals surface area contributed by atoms with Crippen molar-refractivity contribution in [2.24, 2.45) is 0 Å². The van der Waals surface area contributed by atoms with Gasteiger partial charge in [-0.1, -0.05) is 0 Å². The highest BCUT2D eigenvalue weighted by molar-refractivity contribution is 7.99. The average molecular weight is 322 g/mol. The first-order valence-electron chi connectivity index (χ1n) is 6.70. The van der Waals surface area contributed by atoms with Gasteiger partial charge in [0.05, 0.1) is 29.9 Å². The number of rotatable bonds is 5. The second-order valence-electron chi connectivity index (χ2n) is 5.26. The van der Waals surface area contributed by atoms with Crippen LogP contribution in [0.2, 0.25) is 0 Å². The molecule has 0 radical (unpaired) electrons. The molecule has 0 bridgehead atoms. The van der Waals surface area contributed by atoms with Gasteiger partial charge in [0.2, 0.25) is 5.91 Å². The predicted molar refractivity (Wildman–Crippen MR) is 79.8 cm³/mol. The van der Waals surface area contributed by atoms with Crippen LogP contribution in [0, 0.1) is 0 Å². The highest BCUT2D eigenvalue weighted by atomic mass is 32.2. The number of nitrogens with zero attached hydrogens (tertiary/aromatic N) is 2. The van der Waals surface area contributed by atoms with Crippen molar-refractivity contribution in [1.29, 1.82) is 0 Å². The number of sulfone groups is 1. The largest absolute Gasteiger partial charge is 0.383 e. The molecule has 0 aromatic heterocycles. The summed E-state index contributed by atoms with van der Waals surface area (Å²) in [5, 5.41) is 0. The van der Waals surface area contributed by atoms with Crippen molar-refractivity contribution in [3.05, 3.63) is 0 Å². The topological polar surface area (TPSA) is 66.9 Å². The molecule has 2 fully saturated rings. The van der Waals surface area contributed by atoms with Crippen molar-refractivity contribution in [3.8, 4) is 0 Å². The second-order valence-corrected chi connectivity index (χ2v) is 8.28. The Morgan fingerprint density at radius 3 is 2.65 bits per heavy atom. The Balaban J connectivity index is 2.13. The summed E-state index contributed by atoms with van der Waals surface area (Å²) in [6.07, 6.45) is 1.88. The van der Waals surface area contributed by atoms with Gasteiger partial charge in [0, 0.05) is 32.8 Å². The van der Waals surface area contributed by atoms with E-state index in [1.807, 2.05) is 6.26 Å². The van der Waals surface area contributed by atoms with Gasteiger partial charge in [-0.2, -0.15) is 11.8 Å². The Morgan fingerprint density at radius 1 is 1.30 bits per heavy atom. The maximum atomic E-state index is 12.1. The first-order valence-corrected chi connectivity index (χ1v) is 9.92. The molecule has 6 nitrogen and oxygen atoms in total. The normalized spacial score (nSPS) is 29.4. The Morgan fingerprint density at radius 2 is 2.00 bits per heavy atom. The SMILES string of the molecule is COCCN1CCN(C(=O)CSC)C2CS(=O)(=O)CC21. The van der Waals surface area contributed by atoms with Crippen LogP contribution in [-0.2, 0) is 19.4 Å². The molecule has 20 heavy (non-hydrogen) atoms. The Hall–Kier alpha value is -0.310. The van der Waals surface area contributed by atoms with E-state index < -0.39 is 9.84 Å². The van der Waals surface area contributed by atoms with Gasteiger partial charge in [-0.05, 0) is 6.26 Å². The van der Waals surface area contributed by atoms with Crippen molar-refractivity contribution >= 4 is 27.5 Å². The van der Waals surface area contributed by atoms with Crippen LogP contribution in [0.25, 0.3) is 0 Å². The van der Waals surface area contributed by atoms with Crippen LogP contribution in [0.1, 0.15) is 0 Å². The van der Waals surface area contributed by atoms with Crippen LogP contribution < -0.4 is 0 Å². The Kier molecular flexibility index (Phi) is 5.33. The summed E-state index contributed by atoms with van der Waals surface area (Å²) in [7, 11) is -1.41. The van der Waals surface area contributed by atoms with Gasteiger partial charge in [0.15, 0.2) is 9.84 Å². The number of amides is 1. The number of carbonyl (C=O) groups is 1. The predicted octanol–water partition coefficient (Wildman–Crippen LogP) is -0.694. The molecule has 0 aromatic rings. The van der Waals surface area contributed by atoms with Crippen LogP contribution in [0.15, 0.2) is 0 Å². The number of piperazine rings is 1. The highest BCUT2D eigenvalue weighted by Crippen LogP contribution is 2.27. The molecule has 0 aromatic carbocycles. The Labute approximate surface area is 124 Å². The molecule has 116 valence electrons. The van der Waals surface area contributed by atoms with Gasteiger partial charge >= 0.3 is 0 Å². The fourth-order valence-corrected chi connectivity index (χ4v) is 5.45. The molecule has 0 N–H and O–H groups in total. The molecule has 2 aliphatic rings. The smallest absolute Gasteiger partial charge is 0.232 e. The monoisotopic (exact) mass is 322 g/mol. The highest BCUT2D eigenvalue weighted by Gasteiger charge is 2.47. The molecule has 1 amide bonds. The van der Waals surface area contributed by atoms with Gasteiger partial charge in [0.25, 0.3) is 0 Å². The summed E-state index contributed by atoms with van der Waals surface area (Å²) in [4.78, 5) is 16.1. The number of carbonyl (C=O) groups excluding carboxylic acids is 1. The lowest BCUT2D eigenvalue weighted by atomic mass is 10.0. The third-order valence-electron chi connectivity index (χ3n) is 3.96. The zero-order valence-electron chi connectivity index (χ0n) is 11.9. The summed E-state index contributed by atoms with van der Waals surface area (Å²) >= 11 is 1.48. The number of fused-ring (bicyclic) bond motifs is 1. The molecule has 2 saturated heterocycles. The number of thioether (sulfide) groups is 1. The molecular weight excluding hydrogens is 300 g/mol. The molecule has 0 aliphatic carbocycles. The lowest BCUT2D eigenvalue weighted by Gasteiger charge is -2.43. The van der Waals surface area contributed by atoms with Crippen molar-refractivity contribution < 1.29 is 17.9 Å². The minimum Gasteiger partial charge on any atom is -0.383 e. The van der Waals surface area contributed by atoms with E-state index >= 15 is 0 Å². The van der Waals surface area contributed by atoms with Crippen molar-refractivity contribution in [2.75, 3.05) is 56.9 Å². The van der Waals surface area contributed by atoms with Crippen molar-refractivity contribution in [2.45, 2.75) is 12.1 Å². The lowest BCUT2D eigenvalue weighted by molar-refractivity contribution is -0.134. The van der Waals surface area contributed by atoms with E-state index in [2.05, 4.69) is 4.90 Å². The van der Waals surface area contributed by atoms with Crippen LogP contribution in [0.5, 0.6) is 0 Å². The van der Waals surface area contributed by atoms with Crippen LogP contribution in [-0.4, -0.2) is 93.1 Å². The minimum absolute atomic E-state index is 0.0518. The Bertz CT molecular complexity index is 454. The zero-order valence-corrected chi connectivity index (χ0v) is 13.6. The maximum absolute atomic E-state index is 12.1. The van der Waals surface area contributed by atoms with Gasteiger partial charge < -0.3 is 9.64 Å². The van der Waals surface area contributed by atoms with Crippen LogP contribution in [0.3, 0.4) is 0 Å². The minimum atomic E-state index is -3.05. The third kappa shape index (κ3) is 3.47. The van der Waals surface area contributed by atoms with E-state index in [4.69, 9.17) is 4.74 Å². The van der Waals surface area contributed by atoms with E-state index in [0.29, 0.717) is 18.9 Å². The second kappa shape index (κ2) is 6.64.